The molecule has 4 atom stereocenters. The van der Waals surface area contributed by atoms with E-state index in [1.807, 2.05) is 66.7 Å². The van der Waals surface area contributed by atoms with Gasteiger partial charge in [-0.05, 0) is 35.8 Å². The summed E-state index contributed by atoms with van der Waals surface area (Å²) in [6, 6.07) is 27.7. The van der Waals surface area contributed by atoms with E-state index in [0.717, 1.165) is 16.7 Å². The highest BCUT2D eigenvalue weighted by Gasteiger charge is 2.55. The molecular weight excluding hydrogens is 416 g/mol. The van der Waals surface area contributed by atoms with Crippen molar-refractivity contribution in [3.05, 3.63) is 108 Å². The highest BCUT2D eigenvalue weighted by molar-refractivity contribution is 5.90. The Bertz CT molecular complexity index is 1140. The molecule has 0 aromatic heterocycles. The Kier molecular flexibility index (Phi) is 6.43. The van der Waals surface area contributed by atoms with Crippen molar-refractivity contribution in [3.8, 4) is 5.75 Å². The van der Waals surface area contributed by atoms with Gasteiger partial charge in [-0.15, -0.1) is 0 Å². The van der Waals surface area contributed by atoms with Crippen molar-refractivity contribution in [1.82, 2.24) is 0 Å². The first-order valence-electron chi connectivity index (χ1n) is 10.8. The third kappa shape index (κ3) is 4.45. The predicted molar refractivity (Wildman–Crippen MR) is 125 cm³/mol. The molecule has 1 N–H and O–H groups in total. The largest absolute Gasteiger partial charge is 0.469 e. The standard InChI is InChI=1S/C28H26O5/c1-28(31)23(26(29)33-21-16-10-5-11-17-21)18-22(19-12-6-3-7-13-19)24(25(28)27(30)32-2)20-14-8-4-9-15-20/h3-18,23-25,31H,1-2H3/t23-,24-,25-,28-/m1/s1. The number of aliphatic hydroxyl groups is 1. The lowest BCUT2D eigenvalue weighted by atomic mass is 9.62. The van der Waals surface area contributed by atoms with E-state index in [4.69, 9.17) is 9.47 Å². The van der Waals surface area contributed by atoms with Crippen LogP contribution in [0.5, 0.6) is 5.75 Å². The first-order valence-corrected chi connectivity index (χ1v) is 10.8. The average molecular weight is 443 g/mol. The Labute approximate surface area is 193 Å². The molecule has 0 radical (unpaired) electrons. The zero-order chi connectivity index (χ0) is 23.4. The van der Waals surface area contributed by atoms with Gasteiger partial charge in [-0.25, -0.2) is 0 Å². The van der Waals surface area contributed by atoms with Crippen LogP contribution in [-0.2, 0) is 14.3 Å². The summed E-state index contributed by atoms with van der Waals surface area (Å²) in [6.07, 6.45) is 1.73. The number of allylic oxidation sites excluding steroid dienone is 1. The second kappa shape index (κ2) is 9.43. The summed E-state index contributed by atoms with van der Waals surface area (Å²) in [7, 11) is 1.29. The lowest BCUT2D eigenvalue weighted by molar-refractivity contribution is -0.165. The molecule has 0 spiro atoms. The van der Waals surface area contributed by atoms with Gasteiger partial charge in [0.2, 0.25) is 0 Å². The predicted octanol–water partition coefficient (Wildman–Crippen LogP) is 4.63. The summed E-state index contributed by atoms with van der Waals surface area (Å²) < 4.78 is 10.7. The lowest BCUT2D eigenvalue weighted by Crippen LogP contribution is -2.54. The molecule has 0 amide bonds. The molecular formula is C28H26O5. The van der Waals surface area contributed by atoms with Crippen molar-refractivity contribution in [2.75, 3.05) is 7.11 Å². The minimum Gasteiger partial charge on any atom is -0.469 e. The topological polar surface area (TPSA) is 72.8 Å². The molecule has 168 valence electrons. The van der Waals surface area contributed by atoms with Crippen molar-refractivity contribution in [2.45, 2.75) is 18.4 Å². The van der Waals surface area contributed by atoms with Crippen molar-refractivity contribution in [2.24, 2.45) is 11.8 Å². The number of esters is 2. The highest BCUT2D eigenvalue weighted by atomic mass is 16.5. The van der Waals surface area contributed by atoms with E-state index in [9.17, 15) is 14.7 Å². The van der Waals surface area contributed by atoms with Crippen molar-refractivity contribution in [3.63, 3.8) is 0 Å². The third-order valence-electron chi connectivity index (χ3n) is 6.21. The van der Waals surface area contributed by atoms with Gasteiger partial charge in [0.25, 0.3) is 0 Å². The van der Waals surface area contributed by atoms with Gasteiger partial charge in [-0.3, -0.25) is 9.59 Å². The molecule has 3 aromatic rings. The molecule has 0 fully saturated rings. The van der Waals surface area contributed by atoms with Gasteiger partial charge in [-0.1, -0.05) is 84.9 Å². The van der Waals surface area contributed by atoms with Gasteiger partial charge in [0.05, 0.1) is 18.6 Å². The molecule has 0 heterocycles. The molecule has 1 aliphatic carbocycles. The van der Waals surface area contributed by atoms with E-state index in [2.05, 4.69) is 0 Å². The molecule has 4 rings (SSSR count). The maximum absolute atomic E-state index is 13.3. The van der Waals surface area contributed by atoms with E-state index in [1.165, 1.54) is 14.0 Å². The fraction of sp³-hybridized carbons (Fsp3) is 0.214. The molecule has 33 heavy (non-hydrogen) atoms. The Morgan fingerprint density at radius 3 is 1.94 bits per heavy atom. The van der Waals surface area contributed by atoms with Gasteiger partial charge in [0.1, 0.15) is 11.7 Å². The molecule has 0 bridgehead atoms. The second-order valence-electron chi connectivity index (χ2n) is 8.31. The van der Waals surface area contributed by atoms with Crippen LogP contribution in [0.25, 0.3) is 5.57 Å². The van der Waals surface area contributed by atoms with Crippen LogP contribution >= 0.6 is 0 Å². The van der Waals surface area contributed by atoms with E-state index in [1.54, 1.807) is 30.3 Å². The molecule has 0 unspecified atom stereocenters. The zero-order valence-corrected chi connectivity index (χ0v) is 18.5. The number of carbonyl (C=O) groups excluding carboxylic acids is 2. The van der Waals surface area contributed by atoms with Gasteiger partial charge in [-0.2, -0.15) is 0 Å². The lowest BCUT2D eigenvalue weighted by Gasteiger charge is -2.44. The summed E-state index contributed by atoms with van der Waals surface area (Å²) in [5.74, 6) is -3.49. The number of hydrogen-bond donors (Lipinski definition) is 1. The smallest absolute Gasteiger partial charge is 0.321 e. The average Bonchev–Trinajstić information content (AvgIpc) is 2.84. The van der Waals surface area contributed by atoms with Crippen LogP contribution < -0.4 is 4.74 Å². The number of carbonyl (C=O) groups is 2. The van der Waals surface area contributed by atoms with Crippen molar-refractivity contribution in [1.29, 1.82) is 0 Å². The van der Waals surface area contributed by atoms with E-state index in [0.29, 0.717) is 5.75 Å². The summed E-state index contributed by atoms with van der Waals surface area (Å²) in [4.78, 5) is 26.4. The van der Waals surface area contributed by atoms with E-state index < -0.39 is 35.3 Å². The van der Waals surface area contributed by atoms with E-state index in [-0.39, 0.29) is 0 Å². The summed E-state index contributed by atoms with van der Waals surface area (Å²) in [5, 5.41) is 11.7. The van der Waals surface area contributed by atoms with Crippen LogP contribution in [0.3, 0.4) is 0 Å². The quantitative estimate of drug-likeness (QED) is 0.461. The number of hydrogen-bond acceptors (Lipinski definition) is 5. The number of rotatable bonds is 5. The summed E-state index contributed by atoms with van der Waals surface area (Å²) in [6.45, 7) is 1.50. The maximum Gasteiger partial charge on any atom is 0.321 e. The van der Waals surface area contributed by atoms with Gasteiger partial charge >= 0.3 is 11.9 Å². The molecule has 1 aliphatic rings. The fourth-order valence-electron chi connectivity index (χ4n) is 4.58. The zero-order valence-electron chi connectivity index (χ0n) is 18.5. The van der Waals surface area contributed by atoms with Crippen LogP contribution in [0.4, 0.5) is 0 Å². The SMILES string of the molecule is COC(=O)[C@H]1[C@H](c2ccccc2)C(c2ccccc2)=C[C@H](C(=O)Oc2ccccc2)[C@@]1(C)O. The monoisotopic (exact) mass is 442 g/mol. The molecule has 0 saturated carbocycles. The minimum atomic E-state index is -1.75. The number of ether oxygens (including phenoxy) is 2. The normalized spacial score (nSPS) is 24.5. The van der Waals surface area contributed by atoms with Crippen LogP contribution in [0.2, 0.25) is 0 Å². The van der Waals surface area contributed by atoms with Crippen LogP contribution in [0.15, 0.2) is 97.1 Å². The Balaban J connectivity index is 1.88. The Hall–Kier alpha value is -3.70. The maximum atomic E-state index is 13.3. The first-order chi connectivity index (χ1) is 15.9. The fourth-order valence-corrected chi connectivity index (χ4v) is 4.58. The molecule has 5 nitrogen and oxygen atoms in total. The molecule has 0 saturated heterocycles. The van der Waals surface area contributed by atoms with Crippen molar-refractivity contribution >= 4 is 17.5 Å². The Morgan fingerprint density at radius 1 is 0.818 bits per heavy atom. The number of para-hydroxylation sites is 1. The second-order valence-corrected chi connectivity index (χ2v) is 8.31. The number of methoxy groups -OCH3 is 1. The third-order valence-corrected chi connectivity index (χ3v) is 6.21. The minimum absolute atomic E-state index is 0.368. The van der Waals surface area contributed by atoms with Gasteiger partial charge in [0, 0.05) is 5.92 Å². The van der Waals surface area contributed by atoms with Gasteiger partial charge < -0.3 is 14.6 Å². The molecule has 3 aromatic carbocycles. The number of benzene rings is 3. The summed E-state index contributed by atoms with van der Waals surface area (Å²) >= 11 is 0. The molecule has 5 heteroatoms. The van der Waals surface area contributed by atoms with Crippen LogP contribution in [0.1, 0.15) is 24.0 Å². The first kappa shape index (κ1) is 22.5. The van der Waals surface area contributed by atoms with Crippen molar-refractivity contribution < 1.29 is 24.2 Å². The van der Waals surface area contributed by atoms with Crippen LogP contribution in [0, 0.1) is 11.8 Å². The Morgan fingerprint density at radius 2 is 1.36 bits per heavy atom. The van der Waals surface area contributed by atoms with Gasteiger partial charge in [0.15, 0.2) is 0 Å². The van der Waals surface area contributed by atoms with Crippen LogP contribution in [-0.4, -0.2) is 29.8 Å². The van der Waals surface area contributed by atoms with E-state index >= 15 is 0 Å². The summed E-state index contributed by atoms with van der Waals surface area (Å²) in [5.41, 5.74) is 0.711. The highest BCUT2D eigenvalue weighted by Crippen LogP contribution is 2.50. The molecule has 0 aliphatic heterocycles.